The lowest BCUT2D eigenvalue weighted by atomic mass is 10.1. The zero-order valence-electron chi connectivity index (χ0n) is 5.64. The number of aryl methyl sites for hydroxylation is 2. The molecule has 0 bridgehead atoms. The fourth-order valence-electron chi connectivity index (χ4n) is 0.799. The summed E-state index contributed by atoms with van der Waals surface area (Å²) in [5, 5.41) is 10.8. The maximum absolute atomic E-state index is 10.8. The van der Waals surface area contributed by atoms with Crippen LogP contribution in [0.4, 0.5) is 0 Å². The zero-order chi connectivity index (χ0) is 6.85. The van der Waals surface area contributed by atoms with E-state index in [0.717, 1.165) is 11.1 Å². The van der Waals surface area contributed by atoms with Gasteiger partial charge in [0.15, 0.2) is 0 Å². The Hall–Kier alpha value is -0.980. The molecule has 1 heteroatoms. The van der Waals surface area contributed by atoms with E-state index in [0.29, 0.717) is 0 Å². The second kappa shape index (κ2) is 2.09. The zero-order valence-corrected chi connectivity index (χ0v) is 5.64. The van der Waals surface area contributed by atoms with Crippen molar-refractivity contribution in [3.63, 3.8) is 0 Å². The molecule has 0 aliphatic rings. The largest absolute Gasteiger partial charge is 0.872 e. The summed E-state index contributed by atoms with van der Waals surface area (Å²) in [6, 6.07) is 5.32. The Bertz CT molecular complexity index is 216. The van der Waals surface area contributed by atoms with E-state index in [-0.39, 0.29) is 5.75 Å². The summed E-state index contributed by atoms with van der Waals surface area (Å²) in [4.78, 5) is 0. The van der Waals surface area contributed by atoms with Crippen molar-refractivity contribution >= 4 is 0 Å². The average Bonchev–Trinajstić information content (AvgIpc) is 1.80. The van der Waals surface area contributed by atoms with E-state index >= 15 is 0 Å². The maximum atomic E-state index is 10.8. The highest BCUT2D eigenvalue weighted by Gasteiger charge is 1.84. The maximum Gasteiger partial charge on any atom is -0.0398 e. The van der Waals surface area contributed by atoms with E-state index in [1.54, 1.807) is 6.07 Å². The Morgan fingerprint density at radius 3 is 2.33 bits per heavy atom. The van der Waals surface area contributed by atoms with E-state index < -0.39 is 0 Å². The lowest BCUT2D eigenvalue weighted by molar-refractivity contribution is -0.269. The molecule has 0 unspecified atom stereocenters. The molecule has 1 rings (SSSR count). The van der Waals surface area contributed by atoms with Crippen LogP contribution in [-0.2, 0) is 0 Å². The van der Waals surface area contributed by atoms with Crippen molar-refractivity contribution in [2.75, 3.05) is 0 Å². The van der Waals surface area contributed by atoms with Gasteiger partial charge >= 0.3 is 0 Å². The van der Waals surface area contributed by atoms with Gasteiger partial charge in [-0.3, -0.25) is 0 Å². The summed E-state index contributed by atoms with van der Waals surface area (Å²) in [7, 11) is 0. The van der Waals surface area contributed by atoms with Gasteiger partial charge in [0.2, 0.25) is 0 Å². The van der Waals surface area contributed by atoms with Crippen LogP contribution in [0.3, 0.4) is 0 Å². The molecule has 0 heterocycles. The molecule has 0 atom stereocenters. The fourth-order valence-corrected chi connectivity index (χ4v) is 0.799. The molecule has 48 valence electrons. The van der Waals surface area contributed by atoms with Gasteiger partial charge in [0.1, 0.15) is 0 Å². The second-order valence-electron chi connectivity index (χ2n) is 2.27. The third-order valence-corrected chi connectivity index (χ3v) is 1.33. The van der Waals surface area contributed by atoms with Crippen LogP contribution in [0.25, 0.3) is 0 Å². The standard InChI is InChI=1S/C8H10O/c1-6-3-4-8(9)7(2)5-6/h3-5,9H,1-2H3/p-1. The van der Waals surface area contributed by atoms with E-state index in [1.807, 2.05) is 26.0 Å². The van der Waals surface area contributed by atoms with Gasteiger partial charge in [0.05, 0.1) is 0 Å². The van der Waals surface area contributed by atoms with Crippen molar-refractivity contribution in [1.82, 2.24) is 0 Å². The lowest BCUT2D eigenvalue weighted by Gasteiger charge is -2.08. The first-order chi connectivity index (χ1) is 4.20. The molecule has 0 saturated carbocycles. The number of rotatable bonds is 0. The van der Waals surface area contributed by atoms with Gasteiger partial charge in [0.25, 0.3) is 0 Å². The van der Waals surface area contributed by atoms with Gasteiger partial charge < -0.3 is 5.11 Å². The third-order valence-electron chi connectivity index (χ3n) is 1.33. The Kier molecular flexibility index (Phi) is 1.43. The molecule has 1 nitrogen and oxygen atoms in total. The van der Waals surface area contributed by atoms with Crippen molar-refractivity contribution < 1.29 is 5.11 Å². The first kappa shape index (κ1) is 6.14. The van der Waals surface area contributed by atoms with Gasteiger partial charge in [-0.2, -0.15) is 0 Å². The van der Waals surface area contributed by atoms with Crippen molar-refractivity contribution in [2.45, 2.75) is 13.8 Å². The van der Waals surface area contributed by atoms with Crippen molar-refractivity contribution in [3.05, 3.63) is 29.3 Å². The van der Waals surface area contributed by atoms with Crippen LogP contribution < -0.4 is 5.11 Å². The predicted molar refractivity (Wildman–Crippen MR) is 35.4 cm³/mol. The molecular weight excluding hydrogens is 112 g/mol. The minimum atomic E-state index is 0.126. The number of hydrogen-bond donors (Lipinski definition) is 0. The molecule has 0 fully saturated rings. The summed E-state index contributed by atoms with van der Waals surface area (Å²) >= 11 is 0. The van der Waals surface area contributed by atoms with Crippen LogP contribution in [0.1, 0.15) is 11.1 Å². The van der Waals surface area contributed by atoms with Gasteiger partial charge in [-0.1, -0.05) is 29.3 Å². The molecule has 0 aliphatic carbocycles. The van der Waals surface area contributed by atoms with Gasteiger partial charge in [-0.25, -0.2) is 0 Å². The molecule has 1 aromatic carbocycles. The van der Waals surface area contributed by atoms with Gasteiger partial charge in [-0.05, 0) is 13.8 Å². The van der Waals surface area contributed by atoms with Crippen molar-refractivity contribution in [3.8, 4) is 5.75 Å². The fraction of sp³-hybridized carbons (Fsp3) is 0.250. The average molecular weight is 121 g/mol. The quantitative estimate of drug-likeness (QED) is 0.508. The topological polar surface area (TPSA) is 23.1 Å². The molecule has 0 amide bonds. The minimum absolute atomic E-state index is 0.126. The van der Waals surface area contributed by atoms with Gasteiger partial charge in [-0.15, -0.1) is 5.75 Å². The number of benzene rings is 1. The lowest BCUT2D eigenvalue weighted by Crippen LogP contribution is -1.92. The summed E-state index contributed by atoms with van der Waals surface area (Å²) in [6.45, 7) is 3.81. The summed E-state index contributed by atoms with van der Waals surface area (Å²) in [6.07, 6.45) is 0. The third kappa shape index (κ3) is 1.22. The Balaban J connectivity index is 3.17. The van der Waals surface area contributed by atoms with Crippen LogP contribution in [0.2, 0.25) is 0 Å². The summed E-state index contributed by atoms with van der Waals surface area (Å²) < 4.78 is 0. The van der Waals surface area contributed by atoms with Gasteiger partial charge in [0, 0.05) is 0 Å². The Labute approximate surface area is 55.0 Å². The molecule has 0 saturated heterocycles. The highest BCUT2D eigenvalue weighted by molar-refractivity contribution is 5.33. The SMILES string of the molecule is Cc1ccc([O-])c(C)c1. The summed E-state index contributed by atoms with van der Waals surface area (Å²) in [5.74, 6) is 0.126. The Morgan fingerprint density at radius 1 is 1.22 bits per heavy atom. The van der Waals surface area contributed by atoms with Crippen LogP contribution in [-0.4, -0.2) is 0 Å². The molecule has 9 heavy (non-hydrogen) atoms. The highest BCUT2D eigenvalue weighted by atomic mass is 16.3. The summed E-state index contributed by atoms with van der Waals surface area (Å²) in [5.41, 5.74) is 1.97. The van der Waals surface area contributed by atoms with Crippen molar-refractivity contribution in [1.29, 1.82) is 0 Å². The molecule has 0 aromatic heterocycles. The van der Waals surface area contributed by atoms with E-state index in [1.165, 1.54) is 0 Å². The molecule has 1 aromatic rings. The Morgan fingerprint density at radius 2 is 1.89 bits per heavy atom. The van der Waals surface area contributed by atoms with Crippen LogP contribution in [0, 0.1) is 13.8 Å². The molecular formula is C8H9O-. The van der Waals surface area contributed by atoms with E-state index in [9.17, 15) is 5.11 Å². The first-order valence-corrected chi connectivity index (χ1v) is 2.94. The van der Waals surface area contributed by atoms with Crippen LogP contribution in [0.15, 0.2) is 18.2 Å². The monoisotopic (exact) mass is 121 g/mol. The molecule has 0 N–H and O–H groups in total. The van der Waals surface area contributed by atoms with Crippen molar-refractivity contribution in [2.24, 2.45) is 0 Å². The molecule has 0 spiro atoms. The molecule has 0 aliphatic heterocycles. The second-order valence-corrected chi connectivity index (χ2v) is 2.27. The van der Waals surface area contributed by atoms with Crippen LogP contribution >= 0.6 is 0 Å². The van der Waals surface area contributed by atoms with E-state index in [2.05, 4.69) is 0 Å². The van der Waals surface area contributed by atoms with E-state index in [4.69, 9.17) is 0 Å². The predicted octanol–water partition coefficient (Wildman–Crippen LogP) is 1.38. The number of hydrogen-bond acceptors (Lipinski definition) is 1. The molecule has 0 radical (unpaired) electrons. The smallest absolute Gasteiger partial charge is 0.0398 e. The highest BCUT2D eigenvalue weighted by Crippen LogP contribution is 2.12. The minimum Gasteiger partial charge on any atom is -0.872 e. The first-order valence-electron chi connectivity index (χ1n) is 2.94. The normalized spacial score (nSPS) is 9.56. The van der Waals surface area contributed by atoms with Crippen LogP contribution in [0.5, 0.6) is 5.75 Å².